The third-order valence-electron chi connectivity index (χ3n) is 3.47. The molecule has 5 nitrogen and oxygen atoms in total. The molecular formula is C17H18N4OS. The molecule has 0 saturated carbocycles. The van der Waals surface area contributed by atoms with Crippen LogP contribution in [-0.2, 0) is 4.79 Å². The smallest absolute Gasteiger partial charge is 0.228 e. The number of hydrogen-bond acceptors (Lipinski definition) is 4. The number of anilines is 1. The minimum absolute atomic E-state index is 0.0361. The summed E-state index contributed by atoms with van der Waals surface area (Å²) in [6, 6.07) is 10.0. The van der Waals surface area contributed by atoms with Crippen LogP contribution in [0.2, 0.25) is 0 Å². The largest absolute Gasteiger partial charge is 0.310 e. The Hall–Kier alpha value is -2.47. The summed E-state index contributed by atoms with van der Waals surface area (Å²) >= 11 is 1.53. The first-order valence-electron chi connectivity index (χ1n) is 7.43. The van der Waals surface area contributed by atoms with Gasteiger partial charge in [0, 0.05) is 16.9 Å². The average Bonchev–Trinajstić information content (AvgIpc) is 3.15. The molecule has 3 rings (SSSR count). The molecule has 1 aromatic carbocycles. The van der Waals surface area contributed by atoms with Gasteiger partial charge in [-0.2, -0.15) is 0 Å². The van der Waals surface area contributed by atoms with Gasteiger partial charge in [-0.05, 0) is 6.92 Å². The number of nitrogens with zero attached hydrogens (tertiary/aromatic N) is 3. The van der Waals surface area contributed by atoms with Crippen LogP contribution >= 0.6 is 11.3 Å². The van der Waals surface area contributed by atoms with Crippen LogP contribution in [0.1, 0.15) is 19.7 Å². The van der Waals surface area contributed by atoms with E-state index in [-0.39, 0.29) is 11.8 Å². The number of amides is 1. The summed E-state index contributed by atoms with van der Waals surface area (Å²) in [6.45, 7) is 5.62. The monoisotopic (exact) mass is 326 g/mol. The van der Waals surface area contributed by atoms with Gasteiger partial charge in [-0.3, -0.25) is 9.36 Å². The maximum absolute atomic E-state index is 12.0. The first-order valence-corrected chi connectivity index (χ1v) is 8.30. The fourth-order valence-electron chi connectivity index (χ4n) is 2.15. The van der Waals surface area contributed by atoms with E-state index in [0.717, 1.165) is 22.2 Å². The summed E-state index contributed by atoms with van der Waals surface area (Å²) in [7, 11) is 0. The summed E-state index contributed by atoms with van der Waals surface area (Å²) in [4.78, 5) is 21.0. The third kappa shape index (κ3) is 3.17. The molecule has 118 valence electrons. The van der Waals surface area contributed by atoms with Gasteiger partial charge >= 0.3 is 0 Å². The highest BCUT2D eigenvalue weighted by Crippen LogP contribution is 2.27. The van der Waals surface area contributed by atoms with E-state index in [1.165, 1.54) is 11.3 Å². The van der Waals surface area contributed by atoms with Crippen LogP contribution in [0.5, 0.6) is 0 Å². The zero-order chi connectivity index (χ0) is 16.4. The quantitative estimate of drug-likeness (QED) is 0.791. The summed E-state index contributed by atoms with van der Waals surface area (Å²) in [5.74, 6) is 1.31. The van der Waals surface area contributed by atoms with Crippen molar-refractivity contribution in [1.82, 2.24) is 14.5 Å². The lowest BCUT2D eigenvalue weighted by atomic mass is 10.2. The second-order valence-corrected chi connectivity index (χ2v) is 6.39. The summed E-state index contributed by atoms with van der Waals surface area (Å²) in [5.41, 5.74) is 1.99. The molecule has 0 aliphatic heterocycles. The Morgan fingerprint density at radius 1 is 1.26 bits per heavy atom. The van der Waals surface area contributed by atoms with E-state index in [2.05, 4.69) is 15.3 Å². The van der Waals surface area contributed by atoms with Crippen molar-refractivity contribution in [1.29, 1.82) is 0 Å². The van der Waals surface area contributed by atoms with Gasteiger partial charge in [-0.25, -0.2) is 9.97 Å². The highest BCUT2D eigenvalue weighted by molar-refractivity contribution is 7.12. The fourth-order valence-corrected chi connectivity index (χ4v) is 3.05. The maximum Gasteiger partial charge on any atom is 0.228 e. The first kappa shape index (κ1) is 15.4. The van der Waals surface area contributed by atoms with E-state index >= 15 is 0 Å². The molecule has 3 aromatic rings. The molecule has 0 fully saturated rings. The van der Waals surface area contributed by atoms with Crippen molar-refractivity contribution < 1.29 is 4.79 Å². The summed E-state index contributed by atoms with van der Waals surface area (Å²) in [6.07, 6.45) is 1.67. The Morgan fingerprint density at radius 3 is 2.70 bits per heavy atom. The Morgan fingerprint density at radius 2 is 2.00 bits per heavy atom. The number of rotatable bonds is 4. The normalized spacial score (nSPS) is 11.0. The van der Waals surface area contributed by atoms with Gasteiger partial charge in [0.25, 0.3) is 0 Å². The number of benzene rings is 1. The van der Waals surface area contributed by atoms with Crippen molar-refractivity contribution >= 4 is 23.1 Å². The summed E-state index contributed by atoms with van der Waals surface area (Å²) in [5, 5.41) is 5.71. The zero-order valence-electron chi connectivity index (χ0n) is 13.3. The number of hydrogen-bond donors (Lipinski definition) is 1. The molecule has 1 amide bonds. The van der Waals surface area contributed by atoms with Crippen molar-refractivity contribution in [2.45, 2.75) is 20.8 Å². The second-order valence-electron chi connectivity index (χ2n) is 5.55. The Bertz CT molecular complexity index is 820. The molecule has 0 spiro atoms. The van der Waals surface area contributed by atoms with Crippen LogP contribution in [-0.4, -0.2) is 20.4 Å². The lowest BCUT2D eigenvalue weighted by Crippen LogP contribution is -2.19. The molecule has 2 heterocycles. The Balaban J connectivity index is 1.95. The van der Waals surface area contributed by atoms with Gasteiger partial charge in [0.05, 0.1) is 11.9 Å². The molecule has 1 N–H and O–H groups in total. The van der Waals surface area contributed by atoms with E-state index in [4.69, 9.17) is 0 Å². The van der Waals surface area contributed by atoms with Crippen LogP contribution in [0.15, 0.2) is 41.9 Å². The van der Waals surface area contributed by atoms with Gasteiger partial charge in [0.15, 0.2) is 5.13 Å². The third-order valence-corrected chi connectivity index (χ3v) is 4.29. The number of thiazole rings is 1. The van der Waals surface area contributed by atoms with Crippen molar-refractivity contribution in [3.05, 3.63) is 47.7 Å². The summed E-state index contributed by atoms with van der Waals surface area (Å²) < 4.78 is 1.87. The Labute approximate surface area is 139 Å². The number of nitrogens with one attached hydrogen (secondary N) is 1. The molecule has 0 bridgehead atoms. The van der Waals surface area contributed by atoms with Crippen molar-refractivity contribution in [3.8, 4) is 16.4 Å². The first-order chi connectivity index (χ1) is 11.1. The van der Waals surface area contributed by atoms with Crippen LogP contribution in [0.3, 0.4) is 0 Å². The molecule has 0 aliphatic rings. The lowest BCUT2D eigenvalue weighted by Gasteiger charge is -2.10. The number of carbonyl (C=O) groups excluding carboxylic acids is 1. The minimum Gasteiger partial charge on any atom is -0.310 e. The molecule has 0 atom stereocenters. The molecule has 6 heteroatoms. The number of aryl methyl sites for hydroxylation is 1. The van der Waals surface area contributed by atoms with E-state index in [9.17, 15) is 4.79 Å². The predicted molar refractivity (Wildman–Crippen MR) is 92.9 cm³/mol. The molecular weight excluding hydrogens is 308 g/mol. The van der Waals surface area contributed by atoms with Gasteiger partial charge in [-0.15, -0.1) is 11.3 Å². The van der Waals surface area contributed by atoms with Crippen LogP contribution < -0.4 is 5.32 Å². The van der Waals surface area contributed by atoms with E-state index in [0.29, 0.717) is 5.82 Å². The van der Waals surface area contributed by atoms with Crippen LogP contribution in [0.4, 0.5) is 5.82 Å². The highest BCUT2D eigenvalue weighted by Gasteiger charge is 2.16. The number of imidazole rings is 1. The second kappa shape index (κ2) is 6.34. The van der Waals surface area contributed by atoms with Crippen molar-refractivity contribution in [2.24, 2.45) is 5.92 Å². The van der Waals surface area contributed by atoms with Crippen molar-refractivity contribution in [3.63, 3.8) is 0 Å². The molecule has 0 aliphatic carbocycles. The molecule has 0 radical (unpaired) electrons. The predicted octanol–water partition coefficient (Wildman–Crippen LogP) is 3.90. The molecule has 2 aromatic heterocycles. The van der Waals surface area contributed by atoms with Gasteiger partial charge < -0.3 is 5.32 Å². The maximum atomic E-state index is 12.0. The number of aromatic nitrogens is 3. The highest BCUT2D eigenvalue weighted by atomic mass is 32.1. The lowest BCUT2D eigenvalue weighted by molar-refractivity contribution is -0.118. The standard InChI is InChI=1S/C17H18N4OS/c1-11(2)16(22)20-15-9-18-12(3)21(15)17-19-14(10-23-17)13-7-5-4-6-8-13/h4-11H,1-3H3,(H,20,22). The van der Waals surface area contributed by atoms with Crippen LogP contribution in [0.25, 0.3) is 16.4 Å². The molecule has 0 saturated heterocycles. The van der Waals surface area contributed by atoms with Gasteiger partial charge in [0.1, 0.15) is 11.6 Å². The fraction of sp³-hybridized carbons (Fsp3) is 0.235. The average molecular weight is 326 g/mol. The molecule has 23 heavy (non-hydrogen) atoms. The topological polar surface area (TPSA) is 59.8 Å². The molecule has 0 unspecified atom stereocenters. The van der Waals surface area contributed by atoms with Crippen LogP contribution in [0, 0.1) is 12.8 Å². The minimum atomic E-state index is -0.0881. The van der Waals surface area contributed by atoms with Gasteiger partial charge in [0.2, 0.25) is 5.91 Å². The number of carbonyl (C=O) groups is 1. The van der Waals surface area contributed by atoms with E-state index in [1.54, 1.807) is 6.20 Å². The van der Waals surface area contributed by atoms with E-state index in [1.807, 2.05) is 61.1 Å². The van der Waals surface area contributed by atoms with Gasteiger partial charge in [-0.1, -0.05) is 44.2 Å². The van der Waals surface area contributed by atoms with Crippen molar-refractivity contribution in [2.75, 3.05) is 5.32 Å². The Kier molecular flexibility index (Phi) is 4.25. The van der Waals surface area contributed by atoms with E-state index < -0.39 is 0 Å². The SMILES string of the molecule is Cc1ncc(NC(=O)C(C)C)n1-c1nc(-c2ccccc2)cs1. The zero-order valence-corrected chi connectivity index (χ0v) is 14.1.